The Morgan fingerprint density at radius 2 is 1.67 bits per heavy atom. The maximum absolute atomic E-state index is 11.3. The van der Waals surface area contributed by atoms with Crippen molar-refractivity contribution in [2.75, 3.05) is 6.54 Å². The average molecular weight is 251 g/mol. The van der Waals surface area contributed by atoms with E-state index in [4.69, 9.17) is 7.85 Å². The Morgan fingerprint density at radius 3 is 2.28 bits per heavy atom. The van der Waals surface area contributed by atoms with Crippen LogP contribution < -0.4 is 5.32 Å². The lowest BCUT2D eigenvalue weighted by molar-refractivity contribution is -0.121. The van der Waals surface area contributed by atoms with E-state index in [1.165, 1.54) is 25.7 Å². The molecule has 0 aromatic rings. The van der Waals surface area contributed by atoms with Gasteiger partial charge in [0, 0.05) is 13.0 Å². The summed E-state index contributed by atoms with van der Waals surface area (Å²) < 4.78 is 0. The molecule has 0 aromatic carbocycles. The first-order chi connectivity index (χ1) is 8.52. The van der Waals surface area contributed by atoms with Crippen molar-refractivity contribution in [2.45, 2.75) is 65.2 Å². The molecular formula is C14H26BNO2. The lowest BCUT2D eigenvalue weighted by Gasteiger charge is -2.06. The topological polar surface area (TPSA) is 46.2 Å². The highest BCUT2D eigenvalue weighted by atomic mass is 16.1. The van der Waals surface area contributed by atoms with Crippen molar-refractivity contribution in [2.24, 2.45) is 5.92 Å². The monoisotopic (exact) mass is 251 g/mol. The summed E-state index contributed by atoms with van der Waals surface area (Å²) in [5.74, 6) is 0.813. The fourth-order valence-electron chi connectivity index (χ4n) is 1.77. The predicted octanol–water partition coefficient (Wildman–Crippen LogP) is 2.57. The van der Waals surface area contributed by atoms with E-state index < -0.39 is 0 Å². The third kappa shape index (κ3) is 13.3. The number of unbranched alkanes of at least 4 members (excludes halogenated alkanes) is 3. The van der Waals surface area contributed by atoms with Crippen molar-refractivity contribution >= 4 is 19.4 Å². The molecule has 0 rings (SSSR count). The maximum atomic E-state index is 11.3. The van der Waals surface area contributed by atoms with Crippen molar-refractivity contribution < 1.29 is 9.59 Å². The Labute approximate surface area is 113 Å². The van der Waals surface area contributed by atoms with Gasteiger partial charge in [0.15, 0.2) is 7.85 Å². The predicted molar refractivity (Wildman–Crippen MR) is 75.5 cm³/mol. The van der Waals surface area contributed by atoms with Crippen LogP contribution >= 0.6 is 0 Å². The van der Waals surface area contributed by atoms with Crippen molar-refractivity contribution in [1.82, 2.24) is 5.32 Å². The van der Waals surface area contributed by atoms with E-state index in [1.807, 2.05) is 0 Å². The van der Waals surface area contributed by atoms with E-state index in [2.05, 4.69) is 19.2 Å². The first kappa shape index (κ1) is 17.2. The van der Waals surface area contributed by atoms with Gasteiger partial charge in [0.25, 0.3) is 0 Å². The van der Waals surface area contributed by atoms with Crippen LogP contribution in [-0.4, -0.2) is 26.0 Å². The summed E-state index contributed by atoms with van der Waals surface area (Å²) in [6.45, 7) is 5.23. The number of carbonyl (C=O) groups is 2. The first-order valence-electron chi connectivity index (χ1n) is 7.07. The minimum atomic E-state index is -0.340. The third-order valence-electron chi connectivity index (χ3n) is 2.86. The van der Waals surface area contributed by atoms with Gasteiger partial charge in [-0.05, 0) is 25.2 Å². The van der Waals surface area contributed by atoms with Crippen molar-refractivity contribution in [1.29, 1.82) is 0 Å². The van der Waals surface area contributed by atoms with Gasteiger partial charge in [-0.3, -0.25) is 4.79 Å². The Bertz CT molecular complexity index is 242. The third-order valence-corrected chi connectivity index (χ3v) is 2.86. The lowest BCUT2D eigenvalue weighted by Crippen LogP contribution is -2.24. The van der Waals surface area contributed by atoms with Gasteiger partial charge in [-0.2, -0.15) is 0 Å². The normalized spacial score (nSPS) is 10.6. The number of hydrogen-bond donors (Lipinski definition) is 1. The van der Waals surface area contributed by atoms with Gasteiger partial charge >= 0.3 is 0 Å². The molecule has 18 heavy (non-hydrogen) atoms. The molecule has 0 bridgehead atoms. The second-order valence-electron chi connectivity index (χ2n) is 5.27. The minimum Gasteiger partial charge on any atom is -0.356 e. The Hall–Kier alpha value is -0.795. The summed E-state index contributed by atoms with van der Waals surface area (Å²) in [5.41, 5.74) is -0.340. The van der Waals surface area contributed by atoms with Gasteiger partial charge < -0.3 is 10.1 Å². The van der Waals surface area contributed by atoms with Crippen LogP contribution in [-0.2, 0) is 9.59 Å². The molecule has 0 atom stereocenters. The number of rotatable bonds is 11. The highest BCUT2D eigenvalue weighted by Crippen LogP contribution is 2.08. The second kappa shape index (κ2) is 11.3. The zero-order valence-electron chi connectivity index (χ0n) is 11.8. The molecule has 1 N–H and O–H groups in total. The van der Waals surface area contributed by atoms with Crippen LogP contribution in [0, 0.1) is 5.92 Å². The summed E-state index contributed by atoms with van der Waals surface area (Å²) in [6, 6.07) is 0. The fraction of sp³-hybridized carbons (Fsp3) is 0.857. The van der Waals surface area contributed by atoms with Crippen LogP contribution in [0.25, 0.3) is 0 Å². The molecule has 0 aliphatic rings. The van der Waals surface area contributed by atoms with Crippen molar-refractivity contribution in [3.8, 4) is 0 Å². The van der Waals surface area contributed by atoms with E-state index in [9.17, 15) is 9.59 Å². The SMILES string of the molecule is [B]C(=O)CCCC(=O)NCCCCCCC(C)C. The molecule has 0 aromatic heterocycles. The van der Waals surface area contributed by atoms with Gasteiger partial charge in [-0.1, -0.05) is 39.5 Å². The molecule has 0 unspecified atom stereocenters. The Balaban J connectivity index is 3.22. The summed E-state index contributed by atoms with van der Waals surface area (Å²) >= 11 is 0. The molecule has 0 aliphatic carbocycles. The van der Waals surface area contributed by atoms with Crippen molar-refractivity contribution in [3.63, 3.8) is 0 Å². The van der Waals surface area contributed by atoms with E-state index in [0.717, 1.165) is 18.9 Å². The Kier molecular flexibility index (Phi) is 10.8. The number of amides is 1. The molecule has 0 heterocycles. The van der Waals surface area contributed by atoms with Crippen LogP contribution in [0.15, 0.2) is 0 Å². The highest BCUT2D eigenvalue weighted by Gasteiger charge is 2.01. The first-order valence-corrected chi connectivity index (χ1v) is 7.07. The van der Waals surface area contributed by atoms with Gasteiger partial charge in [0.1, 0.15) is 0 Å². The molecule has 0 spiro atoms. The molecule has 1 amide bonds. The zero-order chi connectivity index (χ0) is 13.8. The molecule has 4 heteroatoms. The van der Waals surface area contributed by atoms with Gasteiger partial charge in [0.05, 0.1) is 5.68 Å². The lowest BCUT2D eigenvalue weighted by atomic mass is 9.97. The van der Waals surface area contributed by atoms with Crippen molar-refractivity contribution in [3.05, 3.63) is 0 Å². The maximum Gasteiger partial charge on any atom is 0.220 e. The molecule has 102 valence electrons. The number of hydrogen-bond acceptors (Lipinski definition) is 2. The molecule has 0 aliphatic heterocycles. The van der Waals surface area contributed by atoms with Gasteiger partial charge in [-0.25, -0.2) is 0 Å². The van der Waals surface area contributed by atoms with Gasteiger partial charge in [0.2, 0.25) is 5.91 Å². The molecule has 2 radical (unpaired) electrons. The zero-order valence-corrected chi connectivity index (χ0v) is 11.8. The number of carbonyl (C=O) groups excluding carboxylic acids is 2. The largest absolute Gasteiger partial charge is 0.356 e. The van der Waals surface area contributed by atoms with Gasteiger partial charge in [-0.15, -0.1) is 0 Å². The molecular weight excluding hydrogens is 225 g/mol. The standard InChI is InChI=1S/C14H26BNO2/c1-12(2)8-5-3-4-6-11-16-14(18)10-7-9-13(15)17/h12H,3-11H2,1-2H3,(H,16,18). The molecule has 0 saturated heterocycles. The summed E-state index contributed by atoms with van der Waals surface area (Å²) in [4.78, 5) is 21.8. The van der Waals surface area contributed by atoms with Crippen LogP contribution in [0.5, 0.6) is 0 Å². The van der Waals surface area contributed by atoms with E-state index >= 15 is 0 Å². The van der Waals surface area contributed by atoms with Crippen LogP contribution in [0.1, 0.15) is 65.2 Å². The second-order valence-corrected chi connectivity index (χ2v) is 5.27. The fourth-order valence-corrected chi connectivity index (χ4v) is 1.77. The Morgan fingerprint density at radius 1 is 1.00 bits per heavy atom. The highest BCUT2D eigenvalue weighted by molar-refractivity contribution is 6.57. The molecule has 3 nitrogen and oxygen atoms in total. The average Bonchev–Trinajstić information content (AvgIpc) is 2.26. The quantitative estimate of drug-likeness (QED) is 0.453. The van der Waals surface area contributed by atoms with E-state index in [1.54, 1.807) is 0 Å². The minimum absolute atomic E-state index is 0.0263. The smallest absolute Gasteiger partial charge is 0.220 e. The summed E-state index contributed by atoms with van der Waals surface area (Å²) in [7, 11) is 5.00. The van der Waals surface area contributed by atoms with E-state index in [-0.39, 0.29) is 11.6 Å². The van der Waals surface area contributed by atoms with Crippen LogP contribution in [0.2, 0.25) is 0 Å². The molecule has 0 saturated carbocycles. The summed E-state index contributed by atoms with van der Waals surface area (Å²) in [5, 5.41) is 2.87. The van der Waals surface area contributed by atoms with Crippen LogP contribution in [0.4, 0.5) is 0 Å². The van der Waals surface area contributed by atoms with Crippen LogP contribution in [0.3, 0.4) is 0 Å². The molecule has 0 fully saturated rings. The summed E-state index contributed by atoms with van der Waals surface area (Å²) in [6.07, 6.45) is 7.28. The van der Waals surface area contributed by atoms with E-state index in [0.29, 0.717) is 19.3 Å². The number of nitrogens with one attached hydrogen (secondary N) is 1.